The van der Waals surface area contributed by atoms with E-state index in [1.807, 2.05) is 54.6 Å². The largest absolute Gasteiger partial charge is 0.323 e. The number of benzene rings is 2. The Morgan fingerprint density at radius 1 is 0.967 bits per heavy atom. The molecule has 6 heteroatoms. The Morgan fingerprint density at radius 2 is 1.83 bits per heavy atom. The number of pyridine rings is 1. The number of aromatic nitrogens is 3. The average Bonchev–Trinajstić information content (AvgIpc) is 3.27. The molecule has 0 spiro atoms. The third-order valence-electron chi connectivity index (χ3n) is 4.50. The zero-order valence-corrected chi connectivity index (χ0v) is 16.3. The molecule has 0 bridgehead atoms. The van der Waals surface area contributed by atoms with Crippen molar-refractivity contribution < 1.29 is 4.79 Å². The molecule has 1 amide bonds. The molecule has 0 unspecified atom stereocenters. The van der Waals surface area contributed by atoms with Crippen LogP contribution in [0.5, 0.6) is 0 Å². The van der Waals surface area contributed by atoms with E-state index in [2.05, 4.69) is 45.6 Å². The smallest absolute Gasteiger partial charge is 0.247 e. The third kappa shape index (κ3) is 4.80. The SMILES string of the molecule is C=CC(=O)Nc1cccc(-c2cc(Cc3ccccc3)cc(Nc3cc[nH]n3)n2)c1. The second-order valence-corrected chi connectivity index (χ2v) is 6.77. The van der Waals surface area contributed by atoms with Crippen molar-refractivity contribution in [1.82, 2.24) is 15.2 Å². The van der Waals surface area contributed by atoms with Crippen LogP contribution in [-0.4, -0.2) is 21.1 Å². The van der Waals surface area contributed by atoms with Gasteiger partial charge in [0.05, 0.1) is 5.69 Å². The Labute approximate surface area is 174 Å². The predicted octanol–water partition coefficient (Wildman–Crippen LogP) is 4.93. The van der Waals surface area contributed by atoms with Gasteiger partial charge in [0.2, 0.25) is 5.91 Å². The molecule has 30 heavy (non-hydrogen) atoms. The van der Waals surface area contributed by atoms with Crippen molar-refractivity contribution in [2.75, 3.05) is 10.6 Å². The summed E-state index contributed by atoms with van der Waals surface area (Å²) < 4.78 is 0. The summed E-state index contributed by atoms with van der Waals surface area (Å²) in [7, 11) is 0. The lowest BCUT2D eigenvalue weighted by molar-refractivity contribution is -0.111. The standard InChI is InChI=1S/C24H21N5O/c1-2-24(30)26-20-10-6-9-19(16-20)21-14-18(13-17-7-4-3-5-8-17)15-23(27-21)28-22-11-12-25-29-22/h2-12,14-16H,1,13H2,(H,26,30)(H2,25,27,28,29). The minimum absolute atomic E-state index is 0.251. The zero-order valence-electron chi connectivity index (χ0n) is 16.3. The van der Waals surface area contributed by atoms with E-state index in [4.69, 9.17) is 4.98 Å². The fraction of sp³-hybridized carbons (Fsp3) is 0.0417. The number of nitrogens with zero attached hydrogens (tertiary/aromatic N) is 2. The van der Waals surface area contributed by atoms with Gasteiger partial charge in [0, 0.05) is 23.5 Å². The Hall–Kier alpha value is -4.19. The highest BCUT2D eigenvalue weighted by Crippen LogP contribution is 2.26. The maximum absolute atomic E-state index is 11.7. The van der Waals surface area contributed by atoms with Crippen LogP contribution in [0.1, 0.15) is 11.1 Å². The first-order chi connectivity index (χ1) is 14.7. The lowest BCUT2D eigenvalue weighted by Crippen LogP contribution is -2.07. The number of carbonyl (C=O) groups is 1. The van der Waals surface area contributed by atoms with Crippen molar-refractivity contribution in [2.45, 2.75) is 6.42 Å². The van der Waals surface area contributed by atoms with Crippen LogP contribution in [0, 0.1) is 0 Å². The number of H-pyrrole nitrogens is 1. The average molecular weight is 395 g/mol. The Morgan fingerprint density at radius 3 is 2.60 bits per heavy atom. The molecule has 0 atom stereocenters. The van der Waals surface area contributed by atoms with E-state index in [9.17, 15) is 4.79 Å². The summed E-state index contributed by atoms with van der Waals surface area (Å²) in [5.74, 6) is 1.14. The topological polar surface area (TPSA) is 82.7 Å². The number of rotatable bonds is 7. The van der Waals surface area contributed by atoms with E-state index in [-0.39, 0.29) is 5.91 Å². The second-order valence-electron chi connectivity index (χ2n) is 6.77. The van der Waals surface area contributed by atoms with E-state index in [1.165, 1.54) is 11.6 Å². The highest BCUT2D eigenvalue weighted by atomic mass is 16.1. The first kappa shape index (κ1) is 19.1. The molecular formula is C24H21N5O. The van der Waals surface area contributed by atoms with Crippen molar-refractivity contribution in [3.05, 3.63) is 103 Å². The Balaban J connectivity index is 1.70. The Kier molecular flexibility index (Phi) is 5.66. The van der Waals surface area contributed by atoms with Crippen LogP contribution >= 0.6 is 0 Å². The molecule has 0 saturated heterocycles. The molecule has 3 N–H and O–H groups in total. The zero-order chi connectivity index (χ0) is 20.8. The highest BCUT2D eigenvalue weighted by Gasteiger charge is 2.09. The van der Waals surface area contributed by atoms with Crippen LogP contribution in [0.3, 0.4) is 0 Å². The molecule has 148 valence electrons. The van der Waals surface area contributed by atoms with E-state index < -0.39 is 0 Å². The molecule has 0 aliphatic heterocycles. The molecule has 0 saturated carbocycles. The van der Waals surface area contributed by atoms with Gasteiger partial charge in [-0.25, -0.2) is 4.98 Å². The lowest BCUT2D eigenvalue weighted by atomic mass is 10.0. The summed E-state index contributed by atoms with van der Waals surface area (Å²) in [6, 6.07) is 23.8. The fourth-order valence-corrected chi connectivity index (χ4v) is 3.14. The van der Waals surface area contributed by atoms with Gasteiger partial charge in [-0.2, -0.15) is 5.10 Å². The number of hydrogen-bond acceptors (Lipinski definition) is 4. The van der Waals surface area contributed by atoms with Crippen molar-refractivity contribution in [2.24, 2.45) is 0 Å². The number of aromatic amines is 1. The molecule has 2 heterocycles. The van der Waals surface area contributed by atoms with Crippen LogP contribution < -0.4 is 10.6 Å². The van der Waals surface area contributed by atoms with Gasteiger partial charge in [-0.3, -0.25) is 9.89 Å². The molecule has 0 aliphatic rings. The summed E-state index contributed by atoms with van der Waals surface area (Å²) in [4.78, 5) is 16.4. The van der Waals surface area contributed by atoms with Crippen LogP contribution in [0.4, 0.5) is 17.3 Å². The lowest BCUT2D eigenvalue weighted by Gasteiger charge is -2.11. The number of hydrogen-bond donors (Lipinski definition) is 3. The molecule has 2 aromatic heterocycles. The van der Waals surface area contributed by atoms with Gasteiger partial charge < -0.3 is 10.6 Å². The first-order valence-electron chi connectivity index (χ1n) is 9.55. The Bertz CT molecular complexity index is 1150. The second kappa shape index (κ2) is 8.87. The minimum atomic E-state index is -0.251. The molecule has 6 nitrogen and oxygen atoms in total. The quantitative estimate of drug-likeness (QED) is 0.388. The monoisotopic (exact) mass is 395 g/mol. The van der Waals surface area contributed by atoms with Crippen LogP contribution in [-0.2, 0) is 11.2 Å². The van der Waals surface area contributed by atoms with Gasteiger partial charge in [-0.15, -0.1) is 0 Å². The van der Waals surface area contributed by atoms with E-state index >= 15 is 0 Å². The van der Waals surface area contributed by atoms with Gasteiger partial charge in [0.25, 0.3) is 0 Å². The van der Waals surface area contributed by atoms with Gasteiger partial charge >= 0.3 is 0 Å². The maximum Gasteiger partial charge on any atom is 0.247 e. The molecule has 2 aromatic carbocycles. The number of carbonyl (C=O) groups excluding carboxylic acids is 1. The summed E-state index contributed by atoms with van der Waals surface area (Å²) in [5.41, 5.74) is 4.72. The maximum atomic E-state index is 11.7. The van der Waals surface area contributed by atoms with E-state index in [1.54, 1.807) is 6.20 Å². The van der Waals surface area contributed by atoms with Crippen molar-refractivity contribution in [1.29, 1.82) is 0 Å². The molecule has 4 aromatic rings. The molecule has 4 rings (SSSR count). The fourth-order valence-electron chi connectivity index (χ4n) is 3.14. The summed E-state index contributed by atoms with van der Waals surface area (Å²) >= 11 is 0. The van der Waals surface area contributed by atoms with Crippen molar-refractivity contribution in [3.8, 4) is 11.3 Å². The van der Waals surface area contributed by atoms with E-state index in [0.29, 0.717) is 17.3 Å². The number of anilines is 3. The van der Waals surface area contributed by atoms with Gasteiger partial charge in [0.15, 0.2) is 5.82 Å². The third-order valence-corrected chi connectivity index (χ3v) is 4.50. The van der Waals surface area contributed by atoms with Gasteiger partial charge in [-0.1, -0.05) is 49.0 Å². The summed E-state index contributed by atoms with van der Waals surface area (Å²) in [5, 5.41) is 13.0. The first-order valence-corrected chi connectivity index (χ1v) is 9.55. The number of amides is 1. The van der Waals surface area contributed by atoms with Crippen LogP contribution in [0.2, 0.25) is 0 Å². The van der Waals surface area contributed by atoms with E-state index in [0.717, 1.165) is 23.2 Å². The number of nitrogens with one attached hydrogen (secondary N) is 3. The molecule has 0 radical (unpaired) electrons. The van der Waals surface area contributed by atoms with Crippen molar-refractivity contribution in [3.63, 3.8) is 0 Å². The molecular weight excluding hydrogens is 374 g/mol. The van der Waals surface area contributed by atoms with Crippen LogP contribution in [0.15, 0.2) is 91.6 Å². The molecule has 0 aliphatic carbocycles. The minimum Gasteiger partial charge on any atom is -0.323 e. The summed E-state index contributed by atoms with van der Waals surface area (Å²) in [6.07, 6.45) is 3.78. The van der Waals surface area contributed by atoms with Crippen molar-refractivity contribution >= 4 is 23.2 Å². The summed E-state index contributed by atoms with van der Waals surface area (Å²) in [6.45, 7) is 3.49. The molecule has 0 fully saturated rings. The van der Waals surface area contributed by atoms with Gasteiger partial charge in [0.1, 0.15) is 5.82 Å². The normalized spacial score (nSPS) is 10.4. The van der Waals surface area contributed by atoms with Crippen LogP contribution in [0.25, 0.3) is 11.3 Å². The predicted molar refractivity (Wildman–Crippen MR) is 120 cm³/mol. The van der Waals surface area contributed by atoms with Gasteiger partial charge in [-0.05, 0) is 47.9 Å². The highest BCUT2D eigenvalue weighted by molar-refractivity contribution is 5.99.